The van der Waals surface area contributed by atoms with Crippen LogP contribution in [0.5, 0.6) is 5.75 Å². The normalized spacial score (nSPS) is 10.9. The monoisotopic (exact) mass is 360 g/mol. The summed E-state index contributed by atoms with van der Waals surface area (Å²) >= 11 is 1.62. The highest BCUT2D eigenvalue weighted by Crippen LogP contribution is 2.25. The van der Waals surface area contributed by atoms with Crippen LogP contribution in [0.4, 0.5) is 0 Å². The lowest BCUT2D eigenvalue weighted by molar-refractivity contribution is 0.344. The summed E-state index contributed by atoms with van der Waals surface area (Å²) in [6, 6.07) is 19.6. The van der Waals surface area contributed by atoms with Crippen molar-refractivity contribution >= 4 is 28.3 Å². The molecule has 2 aromatic carbocycles. The first-order chi connectivity index (χ1) is 12.8. The van der Waals surface area contributed by atoms with Crippen molar-refractivity contribution in [3.8, 4) is 11.8 Å². The lowest BCUT2D eigenvalue weighted by Crippen LogP contribution is -2.01. The predicted molar refractivity (Wildman–Crippen MR) is 103 cm³/mol. The van der Waals surface area contributed by atoms with Gasteiger partial charge in [0.2, 0.25) is 0 Å². The van der Waals surface area contributed by atoms with Gasteiger partial charge in [-0.25, -0.2) is 0 Å². The molecule has 5 nitrogen and oxygen atoms in total. The van der Waals surface area contributed by atoms with Gasteiger partial charge < -0.3 is 4.74 Å². The van der Waals surface area contributed by atoms with Crippen LogP contribution >= 0.6 is 11.8 Å². The van der Waals surface area contributed by atoms with Gasteiger partial charge in [-0.3, -0.25) is 4.40 Å². The molecule has 0 aliphatic rings. The Bertz CT molecular complexity index is 1110. The number of thioether (sulfide) groups is 1. The van der Waals surface area contributed by atoms with Gasteiger partial charge in [-0.05, 0) is 48.9 Å². The first-order valence-corrected chi connectivity index (χ1v) is 9.24. The molecule has 0 fully saturated rings. The Morgan fingerprint density at radius 2 is 1.92 bits per heavy atom. The molecule has 0 saturated carbocycles. The second-order valence-corrected chi connectivity index (χ2v) is 6.92. The number of para-hydroxylation sites is 1. The van der Waals surface area contributed by atoms with Crippen molar-refractivity contribution in [1.82, 2.24) is 14.6 Å². The average Bonchev–Trinajstić information content (AvgIpc) is 3.09. The van der Waals surface area contributed by atoms with Crippen LogP contribution in [0, 0.1) is 18.3 Å². The summed E-state index contributed by atoms with van der Waals surface area (Å²) in [4.78, 5) is 0. The third-order valence-electron chi connectivity index (χ3n) is 4.14. The van der Waals surface area contributed by atoms with Crippen LogP contribution in [0.25, 0.3) is 16.6 Å². The number of rotatable bonds is 5. The van der Waals surface area contributed by atoms with Crippen molar-refractivity contribution in [2.75, 3.05) is 12.4 Å². The standard InChI is InChI=1S/C20H16N4OS/c1-14-12-19-22-23-20(24(19)18-5-3-2-4-17(14)18)26-11-10-25-16-8-6-15(13-21)7-9-16/h2-9,12H,10-11H2,1H3. The van der Waals surface area contributed by atoms with E-state index in [0.29, 0.717) is 12.2 Å². The number of benzene rings is 2. The number of fused-ring (bicyclic) bond motifs is 3. The Balaban J connectivity index is 1.49. The zero-order chi connectivity index (χ0) is 17.9. The maximum Gasteiger partial charge on any atom is 0.196 e. The fraction of sp³-hybridized carbons (Fsp3) is 0.150. The summed E-state index contributed by atoms with van der Waals surface area (Å²) in [6.45, 7) is 2.64. The van der Waals surface area contributed by atoms with Crippen molar-refractivity contribution in [3.05, 3.63) is 65.7 Å². The lowest BCUT2D eigenvalue weighted by atomic mass is 10.1. The molecule has 0 unspecified atom stereocenters. The molecule has 2 aromatic heterocycles. The van der Waals surface area contributed by atoms with E-state index in [1.54, 1.807) is 23.9 Å². The largest absolute Gasteiger partial charge is 0.493 e. The molecule has 0 spiro atoms. The van der Waals surface area contributed by atoms with Crippen LogP contribution in [0.1, 0.15) is 11.1 Å². The van der Waals surface area contributed by atoms with Gasteiger partial charge in [-0.15, -0.1) is 10.2 Å². The number of ether oxygens (including phenoxy) is 1. The minimum Gasteiger partial charge on any atom is -0.493 e. The molecule has 0 N–H and O–H groups in total. The van der Waals surface area contributed by atoms with E-state index in [-0.39, 0.29) is 0 Å². The number of pyridine rings is 1. The Morgan fingerprint density at radius 1 is 1.12 bits per heavy atom. The van der Waals surface area contributed by atoms with E-state index in [4.69, 9.17) is 10.00 Å². The molecule has 4 aromatic rings. The number of hydrogen-bond donors (Lipinski definition) is 0. The van der Waals surface area contributed by atoms with Crippen LogP contribution in [0.15, 0.2) is 59.8 Å². The number of nitriles is 1. The van der Waals surface area contributed by atoms with E-state index >= 15 is 0 Å². The summed E-state index contributed by atoms with van der Waals surface area (Å²) in [6.07, 6.45) is 0. The smallest absolute Gasteiger partial charge is 0.196 e. The van der Waals surface area contributed by atoms with E-state index in [2.05, 4.69) is 45.8 Å². The summed E-state index contributed by atoms with van der Waals surface area (Å²) in [5, 5.41) is 19.5. The van der Waals surface area contributed by atoms with Crippen LogP contribution < -0.4 is 4.74 Å². The van der Waals surface area contributed by atoms with Gasteiger partial charge >= 0.3 is 0 Å². The van der Waals surface area contributed by atoms with Crippen LogP contribution in [0.3, 0.4) is 0 Å². The fourth-order valence-electron chi connectivity index (χ4n) is 2.89. The molecule has 0 bridgehead atoms. The molecule has 26 heavy (non-hydrogen) atoms. The predicted octanol–water partition coefficient (Wildman–Crippen LogP) is 4.23. The summed E-state index contributed by atoms with van der Waals surface area (Å²) in [7, 11) is 0. The Morgan fingerprint density at radius 3 is 2.73 bits per heavy atom. The van der Waals surface area contributed by atoms with E-state index in [0.717, 1.165) is 27.8 Å². The number of aryl methyl sites for hydroxylation is 1. The number of hydrogen-bond acceptors (Lipinski definition) is 5. The highest BCUT2D eigenvalue weighted by Gasteiger charge is 2.11. The fourth-order valence-corrected chi connectivity index (χ4v) is 3.66. The lowest BCUT2D eigenvalue weighted by Gasteiger charge is -2.08. The third-order valence-corrected chi connectivity index (χ3v) is 5.03. The SMILES string of the molecule is Cc1cc2nnc(SCCOc3ccc(C#N)cc3)n2c2ccccc12. The molecule has 6 heteroatoms. The molecule has 0 saturated heterocycles. The van der Waals surface area contributed by atoms with Gasteiger partial charge in [0.05, 0.1) is 23.8 Å². The minimum atomic E-state index is 0.551. The molecule has 128 valence electrons. The second-order valence-electron chi connectivity index (χ2n) is 5.85. The van der Waals surface area contributed by atoms with Crippen molar-refractivity contribution in [3.63, 3.8) is 0 Å². The number of nitrogens with zero attached hydrogens (tertiary/aromatic N) is 4. The van der Waals surface area contributed by atoms with E-state index in [9.17, 15) is 0 Å². The van der Waals surface area contributed by atoms with E-state index < -0.39 is 0 Å². The van der Waals surface area contributed by atoms with Crippen LogP contribution in [-0.2, 0) is 0 Å². The van der Waals surface area contributed by atoms with Crippen LogP contribution in [-0.4, -0.2) is 27.0 Å². The second kappa shape index (κ2) is 7.06. The van der Waals surface area contributed by atoms with Crippen LogP contribution in [0.2, 0.25) is 0 Å². The Hall–Kier alpha value is -3.04. The highest BCUT2D eigenvalue weighted by atomic mass is 32.2. The van der Waals surface area contributed by atoms with Crippen molar-refractivity contribution in [2.45, 2.75) is 12.1 Å². The molecular weight excluding hydrogens is 344 g/mol. The van der Waals surface area contributed by atoms with Crippen molar-refractivity contribution in [2.24, 2.45) is 0 Å². The van der Waals surface area contributed by atoms with Crippen molar-refractivity contribution < 1.29 is 4.74 Å². The molecule has 0 amide bonds. The Kier molecular flexibility index (Phi) is 4.46. The molecule has 4 rings (SSSR count). The van der Waals surface area contributed by atoms with E-state index in [1.807, 2.05) is 24.3 Å². The van der Waals surface area contributed by atoms with Crippen molar-refractivity contribution in [1.29, 1.82) is 5.26 Å². The summed E-state index contributed by atoms with van der Waals surface area (Å²) < 4.78 is 7.83. The maximum atomic E-state index is 8.82. The quantitative estimate of drug-likeness (QED) is 0.394. The summed E-state index contributed by atoms with van der Waals surface area (Å²) in [5.41, 5.74) is 3.80. The molecular formula is C20H16N4OS. The topological polar surface area (TPSA) is 63.2 Å². The number of aromatic nitrogens is 3. The Labute approximate surface area is 155 Å². The van der Waals surface area contributed by atoms with Gasteiger partial charge in [0.25, 0.3) is 0 Å². The first-order valence-electron chi connectivity index (χ1n) is 8.25. The molecule has 0 aliphatic heterocycles. The molecule has 0 radical (unpaired) electrons. The van der Waals surface area contributed by atoms with Gasteiger partial charge in [0.1, 0.15) is 5.75 Å². The average molecular weight is 360 g/mol. The highest BCUT2D eigenvalue weighted by molar-refractivity contribution is 7.99. The van der Waals surface area contributed by atoms with Gasteiger partial charge in [-0.1, -0.05) is 30.0 Å². The van der Waals surface area contributed by atoms with Gasteiger partial charge in [0, 0.05) is 11.1 Å². The molecule has 0 aliphatic carbocycles. The first kappa shape index (κ1) is 16.4. The summed E-state index contributed by atoms with van der Waals surface area (Å²) in [5.74, 6) is 1.51. The van der Waals surface area contributed by atoms with E-state index in [1.165, 1.54) is 10.9 Å². The van der Waals surface area contributed by atoms with Gasteiger partial charge in [-0.2, -0.15) is 5.26 Å². The zero-order valence-electron chi connectivity index (χ0n) is 14.2. The zero-order valence-corrected chi connectivity index (χ0v) is 15.0. The third kappa shape index (κ3) is 3.09. The maximum absolute atomic E-state index is 8.82. The molecule has 0 atom stereocenters. The van der Waals surface area contributed by atoms with Gasteiger partial charge in [0.15, 0.2) is 10.8 Å². The minimum absolute atomic E-state index is 0.551. The molecule has 2 heterocycles.